The molecule has 0 radical (unpaired) electrons. The summed E-state index contributed by atoms with van der Waals surface area (Å²) in [6.45, 7) is 1.96. The predicted molar refractivity (Wildman–Crippen MR) is 123 cm³/mol. The zero-order valence-electron chi connectivity index (χ0n) is 17.5. The first-order valence-electron chi connectivity index (χ1n) is 9.97. The molecule has 1 aromatic heterocycles. The topological polar surface area (TPSA) is 81.7 Å². The van der Waals surface area contributed by atoms with Gasteiger partial charge < -0.3 is 24.8 Å². The quantitative estimate of drug-likeness (QED) is 0.598. The van der Waals surface area contributed by atoms with E-state index in [-0.39, 0.29) is 24.4 Å². The third kappa shape index (κ3) is 5.37. The van der Waals surface area contributed by atoms with Gasteiger partial charge >= 0.3 is 0 Å². The van der Waals surface area contributed by atoms with Crippen molar-refractivity contribution in [2.24, 2.45) is 0 Å². The van der Waals surface area contributed by atoms with Crippen molar-refractivity contribution in [3.8, 4) is 17.2 Å². The summed E-state index contributed by atoms with van der Waals surface area (Å²) in [6.07, 6.45) is 3.98. The Hall–Kier alpha value is -3.03. The molecule has 31 heavy (non-hydrogen) atoms. The fourth-order valence-corrected chi connectivity index (χ4v) is 3.53. The number of ether oxygens (including phenoxy) is 3. The van der Waals surface area contributed by atoms with Gasteiger partial charge in [-0.1, -0.05) is 0 Å². The number of pyridine rings is 1. The first kappa shape index (κ1) is 22.7. The Morgan fingerprint density at radius 3 is 2.52 bits per heavy atom. The van der Waals surface area contributed by atoms with Crippen LogP contribution < -0.4 is 24.8 Å². The highest BCUT2D eigenvalue weighted by Gasteiger charge is 2.15. The van der Waals surface area contributed by atoms with Gasteiger partial charge in [0.2, 0.25) is 0 Å². The number of aromatic nitrogens is 1. The molecule has 1 saturated heterocycles. The SMILES string of the molecule is COc1ccc(C(=O)Nc2cc3cc(OC4CCNCC4)ccc3cn2)cc1OC.Cl. The number of fused-ring (bicyclic) bond motifs is 1. The Morgan fingerprint density at radius 2 is 1.77 bits per heavy atom. The second-order valence-electron chi connectivity index (χ2n) is 7.17. The van der Waals surface area contributed by atoms with E-state index in [0.29, 0.717) is 22.9 Å². The number of hydrogen-bond donors (Lipinski definition) is 2. The van der Waals surface area contributed by atoms with Gasteiger partial charge in [-0.3, -0.25) is 4.79 Å². The first-order valence-corrected chi connectivity index (χ1v) is 9.97. The van der Waals surface area contributed by atoms with Crippen molar-refractivity contribution in [2.75, 3.05) is 32.6 Å². The summed E-state index contributed by atoms with van der Waals surface area (Å²) in [6, 6.07) is 12.8. The minimum Gasteiger partial charge on any atom is -0.493 e. The summed E-state index contributed by atoms with van der Waals surface area (Å²) >= 11 is 0. The number of anilines is 1. The van der Waals surface area contributed by atoms with Crippen LogP contribution in [0.1, 0.15) is 23.2 Å². The van der Waals surface area contributed by atoms with E-state index in [9.17, 15) is 4.79 Å². The fraction of sp³-hybridized carbons (Fsp3) is 0.304. The van der Waals surface area contributed by atoms with Crippen molar-refractivity contribution < 1.29 is 19.0 Å². The molecular weight excluding hydrogens is 418 g/mol. The molecule has 1 amide bonds. The molecule has 0 unspecified atom stereocenters. The molecule has 8 heteroatoms. The van der Waals surface area contributed by atoms with Crippen LogP contribution >= 0.6 is 12.4 Å². The van der Waals surface area contributed by atoms with Crippen LogP contribution in [0.15, 0.2) is 48.7 Å². The number of rotatable bonds is 6. The van der Waals surface area contributed by atoms with E-state index in [4.69, 9.17) is 14.2 Å². The number of piperidine rings is 1. The largest absolute Gasteiger partial charge is 0.493 e. The van der Waals surface area contributed by atoms with Crippen LogP contribution in [-0.4, -0.2) is 44.3 Å². The molecule has 164 valence electrons. The van der Waals surface area contributed by atoms with E-state index in [2.05, 4.69) is 15.6 Å². The Bertz CT molecular complexity index is 1050. The van der Waals surface area contributed by atoms with Crippen molar-refractivity contribution >= 4 is 34.9 Å². The van der Waals surface area contributed by atoms with Gasteiger partial charge in [0.15, 0.2) is 11.5 Å². The van der Waals surface area contributed by atoms with Gasteiger partial charge in [0.05, 0.1) is 14.2 Å². The van der Waals surface area contributed by atoms with E-state index in [0.717, 1.165) is 42.5 Å². The third-order valence-corrected chi connectivity index (χ3v) is 5.17. The second-order valence-corrected chi connectivity index (χ2v) is 7.17. The van der Waals surface area contributed by atoms with Crippen molar-refractivity contribution in [2.45, 2.75) is 18.9 Å². The molecule has 1 aliphatic rings. The van der Waals surface area contributed by atoms with E-state index in [1.165, 1.54) is 7.11 Å². The standard InChI is InChI=1S/C23H25N3O4.ClH/c1-28-20-6-4-15(12-21(20)29-2)23(27)26-22-13-17-11-19(5-3-16(17)14-25-22)30-18-7-9-24-10-8-18;/h3-6,11-14,18,24H,7-10H2,1-2H3,(H,25,26,27);1H. The van der Waals surface area contributed by atoms with E-state index in [1.807, 2.05) is 24.3 Å². The molecule has 7 nitrogen and oxygen atoms in total. The monoisotopic (exact) mass is 443 g/mol. The maximum atomic E-state index is 12.7. The highest BCUT2D eigenvalue weighted by Crippen LogP contribution is 2.28. The number of hydrogen-bond acceptors (Lipinski definition) is 6. The highest BCUT2D eigenvalue weighted by atomic mass is 35.5. The summed E-state index contributed by atoms with van der Waals surface area (Å²) in [5.74, 6) is 2.10. The van der Waals surface area contributed by atoms with Crippen molar-refractivity contribution in [1.82, 2.24) is 10.3 Å². The molecule has 2 N–H and O–H groups in total. The molecule has 0 atom stereocenters. The van der Waals surface area contributed by atoms with Gasteiger partial charge in [-0.2, -0.15) is 0 Å². The van der Waals surface area contributed by atoms with Crippen LogP contribution in [0, 0.1) is 0 Å². The maximum absolute atomic E-state index is 12.7. The summed E-state index contributed by atoms with van der Waals surface area (Å²) in [7, 11) is 3.09. The van der Waals surface area contributed by atoms with Gasteiger partial charge in [-0.25, -0.2) is 4.98 Å². The van der Waals surface area contributed by atoms with Crippen LogP contribution in [0.3, 0.4) is 0 Å². The number of nitrogens with one attached hydrogen (secondary N) is 2. The van der Waals surface area contributed by atoms with Gasteiger partial charge in [0.1, 0.15) is 17.7 Å². The first-order chi connectivity index (χ1) is 14.7. The number of nitrogens with zero attached hydrogens (tertiary/aromatic N) is 1. The summed E-state index contributed by atoms with van der Waals surface area (Å²) in [5, 5.41) is 8.12. The van der Waals surface area contributed by atoms with Crippen LogP contribution in [0.25, 0.3) is 10.8 Å². The lowest BCUT2D eigenvalue weighted by molar-refractivity contribution is 0.102. The van der Waals surface area contributed by atoms with Gasteiger partial charge in [-0.05, 0) is 73.8 Å². The molecule has 2 aromatic carbocycles. The molecule has 0 bridgehead atoms. The zero-order chi connectivity index (χ0) is 20.9. The molecule has 4 rings (SSSR count). The number of halogens is 1. The molecule has 3 aromatic rings. The van der Waals surface area contributed by atoms with Crippen molar-refractivity contribution in [3.63, 3.8) is 0 Å². The van der Waals surface area contributed by atoms with E-state index >= 15 is 0 Å². The molecular formula is C23H26ClN3O4. The minimum absolute atomic E-state index is 0. The molecule has 0 aliphatic carbocycles. The van der Waals surface area contributed by atoms with Crippen molar-refractivity contribution in [3.05, 3.63) is 54.2 Å². The second kappa shape index (κ2) is 10.3. The Labute approximate surface area is 187 Å². The lowest BCUT2D eigenvalue weighted by atomic mass is 10.1. The van der Waals surface area contributed by atoms with Crippen LogP contribution in [-0.2, 0) is 0 Å². The molecule has 2 heterocycles. The molecule has 1 fully saturated rings. The normalized spacial score (nSPS) is 13.9. The third-order valence-electron chi connectivity index (χ3n) is 5.17. The van der Waals surface area contributed by atoms with Crippen LogP contribution in [0.2, 0.25) is 0 Å². The van der Waals surface area contributed by atoms with Gasteiger partial charge in [0.25, 0.3) is 5.91 Å². The molecule has 1 aliphatic heterocycles. The number of carbonyl (C=O) groups is 1. The minimum atomic E-state index is -0.273. The average molecular weight is 444 g/mol. The van der Waals surface area contributed by atoms with Gasteiger partial charge in [0, 0.05) is 17.1 Å². The number of methoxy groups -OCH3 is 2. The van der Waals surface area contributed by atoms with Crippen LogP contribution in [0.4, 0.5) is 5.82 Å². The summed E-state index contributed by atoms with van der Waals surface area (Å²) in [4.78, 5) is 17.0. The van der Waals surface area contributed by atoms with E-state index in [1.54, 1.807) is 31.5 Å². The molecule has 0 spiro atoms. The van der Waals surface area contributed by atoms with E-state index < -0.39 is 0 Å². The molecule has 0 saturated carbocycles. The number of carbonyl (C=O) groups excluding carboxylic acids is 1. The van der Waals surface area contributed by atoms with Gasteiger partial charge in [-0.15, -0.1) is 12.4 Å². The number of amides is 1. The smallest absolute Gasteiger partial charge is 0.256 e. The lowest BCUT2D eigenvalue weighted by Gasteiger charge is -2.24. The lowest BCUT2D eigenvalue weighted by Crippen LogP contribution is -2.34. The van der Waals surface area contributed by atoms with Crippen molar-refractivity contribution in [1.29, 1.82) is 0 Å². The predicted octanol–water partition coefficient (Wildman–Crippen LogP) is 4.06. The Kier molecular flexibility index (Phi) is 7.55. The van der Waals surface area contributed by atoms with Crippen LogP contribution in [0.5, 0.6) is 17.2 Å². The summed E-state index contributed by atoms with van der Waals surface area (Å²) < 4.78 is 16.6. The highest BCUT2D eigenvalue weighted by molar-refractivity contribution is 6.05. The average Bonchev–Trinajstić information content (AvgIpc) is 2.79. The fourth-order valence-electron chi connectivity index (χ4n) is 3.53. The Balaban J connectivity index is 0.00000272. The maximum Gasteiger partial charge on any atom is 0.256 e. The Morgan fingerprint density at radius 1 is 1.00 bits per heavy atom. The summed E-state index contributed by atoms with van der Waals surface area (Å²) in [5.41, 5.74) is 0.456. The zero-order valence-corrected chi connectivity index (χ0v) is 18.3. The number of benzene rings is 2.